The fourth-order valence-corrected chi connectivity index (χ4v) is 3.17. The molecule has 9 nitrogen and oxygen atoms in total. The van der Waals surface area contributed by atoms with Crippen LogP contribution in [0.1, 0.15) is 18.1 Å². The lowest BCUT2D eigenvalue weighted by Gasteiger charge is -2.11. The van der Waals surface area contributed by atoms with E-state index < -0.39 is 14.9 Å². The van der Waals surface area contributed by atoms with Crippen LogP contribution in [0, 0.1) is 17.0 Å². The van der Waals surface area contributed by atoms with Gasteiger partial charge in [-0.3, -0.25) is 10.1 Å². The molecule has 144 valence electrons. The van der Waals surface area contributed by atoms with E-state index in [1.807, 2.05) is 0 Å². The van der Waals surface area contributed by atoms with Crippen LogP contribution in [-0.2, 0) is 10.0 Å². The third kappa shape index (κ3) is 4.53. The van der Waals surface area contributed by atoms with Gasteiger partial charge in [-0.1, -0.05) is 6.07 Å². The molecule has 1 N–H and O–H groups in total. The van der Waals surface area contributed by atoms with E-state index in [0.717, 1.165) is 6.07 Å². The van der Waals surface area contributed by atoms with Crippen molar-refractivity contribution in [2.75, 3.05) is 14.2 Å². The van der Waals surface area contributed by atoms with Gasteiger partial charge in [-0.25, -0.2) is 0 Å². The van der Waals surface area contributed by atoms with E-state index in [1.165, 1.54) is 33.3 Å². The van der Waals surface area contributed by atoms with Crippen LogP contribution < -0.4 is 14.3 Å². The van der Waals surface area contributed by atoms with Crippen molar-refractivity contribution in [2.45, 2.75) is 18.7 Å². The molecule has 0 amide bonds. The molecule has 27 heavy (non-hydrogen) atoms. The largest absolute Gasteiger partial charge is 0.497 e. The normalized spacial score (nSPS) is 11.8. The minimum Gasteiger partial charge on any atom is -0.497 e. The summed E-state index contributed by atoms with van der Waals surface area (Å²) < 4.78 is 35.2. The molecule has 2 aromatic carbocycles. The van der Waals surface area contributed by atoms with Crippen LogP contribution in [0.2, 0.25) is 0 Å². The Bertz CT molecular complexity index is 1000. The molecule has 2 aromatic rings. The van der Waals surface area contributed by atoms with Gasteiger partial charge in [0.25, 0.3) is 15.7 Å². The Labute approximate surface area is 156 Å². The molecule has 10 heteroatoms. The molecule has 0 aliphatic heterocycles. The smallest absolute Gasteiger partial charge is 0.276 e. The molecule has 0 aliphatic rings. The number of benzene rings is 2. The van der Waals surface area contributed by atoms with Crippen LogP contribution in [0.3, 0.4) is 0 Å². The molecule has 0 saturated carbocycles. The minimum absolute atomic E-state index is 0.252. The molecule has 0 heterocycles. The van der Waals surface area contributed by atoms with Gasteiger partial charge in [0, 0.05) is 23.3 Å². The summed E-state index contributed by atoms with van der Waals surface area (Å²) in [6.07, 6.45) is 0. The first kappa shape index (κ1) is 20.2. The summed E-state index contributed by atoms with van der Waals surface area (Å²) in [5, 5.41) is 14.9. The van der Waals surface area contributed by atoms with Crippen molar-refractivity contribution in [3.8, 4) is 11.5 Å². The van der Waals surface area contributed by atoms with Gasteiger partial charge in [0.2, 0.25) is 0 Å². The van der Waals surface area contributed by atoms with Crippen molar-refractivity contribution in [2.24, 2.45) is 5.10 Å². The van der Waals surface area contributed by atoms with Crippen molar-refractivity contribution in [1.82, 2.24) is 4.83 Å². The number of nitrogens with zero attached hydrogens (tertiary/aromatic N) is 2. The van der Waals surface area contributed by atoms with Gasteiger partial charge in [0.1, 0.15) is 11.5 Å². The molecule has 0 spiro atoms. The average molecular weight is 393 g/mol. The summed E-state index contributed by atoms with van der Waals surface area (Å²) in [6, 6.07) is 8.66. The highest BCUT2D eigenvalue weighted by molar-refractivity contribution is 7.89. The summed E-state index contributed by atoms with van der Waals surface area (Å²) in [7, 11) is -1.08. The highest BCUT2D eigenvalue weighted by Gasteiger charge is 2.19. The number of hydrogen-bond donors (Lipinski definition) is 1. The molecule has 0 aromatic heterocycles. The lowest BCUT2D eigenvalue weighted by Crippen LogP contribution is -2.20. The van der Waals surface area contributed by atoms with Gasteiger partial charge in [-0.2, -0.15) is 18.4 Å². The van der Waals surface area contributed by atoms with Crippen LogP contribution in [0.5, 0.6) is 11.5 Å². The number of sulfonamides is 1. The predicted octanol–water partition coefficient (Wildman–Crippen LogP) is 2.62. The van der Waals surface area contributed by atoms with E-state index in [1.54, 1.807) is 25.1 Å². The van der Waals surface area contributed by atoms with Crippen molar-refractivity contribution >= 4 is 21.4 Å². The fourth-order valence-electron chi connectivity index (χ4n) is 2.29. The molecule has 0 unspecified atom stereocenters. The molecular formula is C17H19N3O6S. The molecule has 0 fully saturated rings. The minimum atomic E-state index is -4.08. The number of nitro groups is 1. The Morgan fingerprint density at radius 1 is 1.15 bits per heavy atom. The number of hydrazone groups is 1. The van der Waals surface area contributed by atoms with E-state index in [4.69, 9.17) is 9.47 Å². The quantitative estimate of drug-likeness (QED) is 0.439. The second kappa shape index (κ2) is 8.04. The number of hydrogen-bond acceptors (Lipinski definition) is 7. The van der Waals surface area contributed by atoms with E-state index in [0.29, 0.717) is 28.3 Å². The zero-order chi connectivity index (χ0) is 20.2. The van der Waals surface area contributed by atoms with Gasteiger partial charge < -0.3 is 9.47 Å². The number of rotatable bonds is 7. The highest BCUT2D eigenvalue weighted by Crippen LogP contribution is 2.25. The van der Waals surface area contributed by atoms with E-state index in [-0.39, 0.29) is 10.6 Å². The molecule has 0 atom stereocenters. The summed E-state index contributed by atoms with van der Waals surface area (Å²) >= 11 is 0. The SMILES string of the molecule is COc1ccc(/C(C)=N/NS(=O)(=O)c2ccc(C)c([N+](=O)[O-])c2)c(OC)c1. The first-order valence-electron chi connectivity index (χ1n) is 7.73. The monoisotopic (exact) mass is 393 g/mol. The predicted molar refractivity (Wildman–Crippen MR) is 99.9 cm³/mol. The zero-order valence-corrected chi connectivity index (χ0v) is 16.0. The van der Waals surface area contributed by atoms with E-state index >= 15 is 0 Å². The summed E-state index contributed by atoms with van der Waals surface area (Å²) in [6.45, 7) is 3.13. The Balaban J connectivity index is 2.33. The summed E-state index contributed by atoms with van der Waals surface area (Å²) in [5.41, 5.74) is 0.993. The molecular weight excluding hydrogens is 374 g/mol. The van der Waals surface area contributed by atoms with Crippen molar-refractivity contribution < 1.29 is 22.8 Å². The Morgan fingerprint density at radius 3 is 2.44 bits per heavy atom. The van der Waals surface area contributed by atoms with Crippen LogP contribution in [0.15, 0.2) is 46.4 Å². The topological polar surface area (TPSA) is 120 Å². The van der Waals surface area contributed by atoms with E-state index in [9.17, 15) is 18.5 Å². The summed E-state index contributed by atoms with van der Waals surface area (Å²) in [4.78, 5) is 12.2. The third-order valence-corrected chi connectivity index (χ3v) is 5.03. The number of aryl methyl sites for hydroxylation is 1. The average Bonchev–Trinajstić information content (AvgIpc) is 2.65. The van der Waals surface area contributed by atoms with Gasteiger partial charge in [0.05, 0.1) is 29.8 Å². The van der Waals surface area contributed by atoms with Crippen LogP contribution >= 0.6 is 0 Å². The van der Waals surface area contributed by atoms with Gasteiger partial charge in [-0.05, 0) is 32.0 Å². The lowest BCUT2D eigenvalue weighted by molar-refractivity contribution is -0.385. The molecule has 0 saturated heterocycles. The lowest BCUT2D eigenvalue weighted by atomic mass is 10.1. The van der Waals surface area contributed by atoms with Gasteiger partial charge in [0.15, 0.2) is 0 Å². The van der Waals surface area contributed by atoms with Crippen molar-refractivity contribution in [3.05, 3.63) is 57.6 Å². The number of ether oxygens (including phenoxy) is 2. The first-order valence-corrected chi connectivity index (χ1v) is 9.21. The summed E-state index contributed by atoms with van der Waals surface area (Å²) in [5.74, 6) is 1.04. The highest BCUT2D eigenvalue weighted by atomic mass is 32.2. The van der Waals surface area contributed by atoms with Crippen molar-refractivity contribution in [3.63, 3.8) is 0 Å². The zero-order valence-electron chi connectivity index (χ0n) is 15.2. The second-order valence-corrected chi connectivity index (χ2v) is 7.22. The Hall–Kier alpha value is -3.14. The second-order valence-electron chi connectivity index (χ2n) is 5.56. The van der Waals surface area contributed by atoms with Crippen LogP contribution in [0.4, 0.5) is 5.69 Å². The third-order valence-electron chi connectivity index (χ3n) is 3.82. The molecule has 0 radical (unpaired) electrons. The fraction of sp³-hybridized carbons (Fsp3) is 0.235. The first-order chi connectivity index (χ1) is 12.7. The van der Waals surface area contributed by atoms with Crippen molar-refractivity contribution in [1.29, 1.82) is 0 Å². The molecule has 0 aliphatic carbocycles. The molecule has 0 bridgehead atoms. The Morgan fingerprint density at radius 2 is 1.85 bits per heavy atom. The maximum Gasteiger partial charge on any atom is 0.276 e. The van der Waals surface area contributed by atoms with Crippen LogP contribution in [-0.4, -0.2) is 33.3 Å². The molecule has 2 rings (SSSR count). The maximum atomic E-state index is 12.4. The van der Waals surface area contributed by atoms with E-state index in [2.05, 4.69) is 9.93 Å². The number of methoxy groups -OCH3 is 2. The van der Waals surface area contributed by atoms with Gasteiger partial charge >= 0.3 is 0 Å². The number of nitrogens with one attached hydrogen (secondary N) is 1. The number of nitro benzene ring substituents is 1. The standard InChI is InChI=1S/C17H19N3O6S/c1-11-5-7-14(10-16(11)20(21)22)27(23,24)19-18-12(2)15-8-6-13(25-3)9-17(15)26-4/h5-10,19H,1-4H3/b18-12+. The maximum absolute atomic E-state index is 12.4. The van der Waals surface area contributed by atoms with Crippen LogP contribution in [0.25, 0.3) is 0 Å². The van der Waals surface area contributed by atoms with Gasteiger partial charge in [-0.15, -0.1) is 0 Å². The Kier molecular flexibility index (Phi) is 6.01.